The molecule has 1 aliphatic rings. The van der Waals surface area contributed by atoms with Gasteiger partial charge in [-0.1, -0.05) is 28.8 Å². The zero-order valence-electron chi connectivity index (χ0n) is 10.3. The maximum Gasteiger partial charge on any atom is 0.182 e. The molecule has 1 N–H and O–H groups in total. The smallest absolute Gasteiger partial charge is 0.182 e. The first-order valence-corrected chi connectivity index (χ1v) is 7.20. The van der Waals surface area contributed by atoms with Crippen molar-refractivity contribution in [3.63, 3.8) is 0 Å². The van der Waals surface area contributed by atoms with Crippen LogP contribution in [-0.2, 0) is 0 Å². The van der Waals surface area contributed by atoms with Gasteiger partial charge in [0.25, 0.3) is 0 Å². The lowest BCUT2D eigenvalue weighted by molar-refractivity contribution is 0.442. The maximum atomic E-state index is 4.41. The number of fused-ring (bicyclic) bond motifs is 1. The van der Waals surface area contributed by atoms with E-state index in [9.17, 15) is 0 Å². The molecule has 18 heavy (non-hydrogen) atoms. The first-order chi connectivity index (χ1) is 8.77. The van der Waals surface area contributed by atoms with E-state index in [-0.39, 0.29) is 0 Å². The predicted molar refractivity (Wildman–Crippen MR) is 75.1 cm³/mol. The van der Waals surface area contributed by atoms with Crippen molar-refractivity contribution in [2.45, 2.75) is 36.6 Å². The summed E-state index contributed by atoms with van der Waals surface area (Å²) in [4.78, 5) is 18.7. The van der Waals surface area contributed by atoms with Gasteiger partial charge in [0.15, 0.2) is 11.5 Å². The zero-order valence-corrected chi connectivity index (χ0v) is 11.9. The Morgan fingerprint density at radius 2 is 2.11 bits per heavy atom. The summed E-state index contributed by atoms with van der Waals surface area (Å²) < 4.78 is 0. The minimum atomic E-state index is 0.486. The van der Waals surface area contributed by atoms with Crippen LogP contribution in [0.1, 0.15) is 25.7 Å². The molecular weight excluding hydrogens is 294 g/mol. The molecule has 0 radical (unpaired) electrons. The summed E-state index contributed by atoms with van der Waals surface area (Å²) in [6.07, 6.45) is 8.28. The Morgan fingerprint density at radius 1 is 1.28 bits per heavy atom. The highest BCUT2D eigenvalue weighted by Crippen LogP contribution is 2.31. The van der Waals surface area contributed by atoms with E-state index in [1.165, 1.54) is 25.7 Å². The Balaban J connectivity index is 1.95. The van der Waals surface area contributed by atoms with Gasteiger partial charge in [-0.25, -0.2) is 15.0 Å². The molecule has 96 valence electrons. The van der Waals surface area contributed by atoms with E-state index in [0.29, 0.717) is 10.9 Å². The first kappa shape index (κ1) is 11.9. The Labute approximate surface area is 114 Å². The van der Waals surface area contributed by atoms with Crippen molar-refractivity contribution >= 4 is 32.9 Å². The van der Waals surface area contributed by atoms with Gasteiger partial charge in [-0.05, 0) is 12.8 Å². The lowest BCUT2D eigenvalue weighted by Crippen LogP contribution is -2.41. The molecule has 1 fully saturated rings. The second-order valence-corrected chi connectivity index (χ2v) is 5.95. The molecule has 2 aromatic rings. The second kappa shape index (κ2) is 4.84. The Kier molecular flexibility index (Phi) is 3.20. The predicted octanol–water partition coefficient (Wildman–Crippen LogP) is 2.50. The van der Waals surface area contributed by atoms with Gasteiger partial charge in [-0.15, -0.1) is 0 Å². The van der Waals surface area contributed by atoms with E-state index in [4.69, 9.17) is 0 Å². The largest absolute Gasteiger partial charge is 0.354 e. The van der Waals surface area contributed by atoms with Gasteiger partial charge < -0.3 is 9.88 Å². The number of rotatable bonds is 2. The summed E-state index contributed by atoms with van der Waals surface area (Å²) in [5.74, 6) is 0.939. The summed E-state index contributed by atoms with van der Waals surface area (Å²) in [5.41, 5.74) is 1.65. The molecule has 0 spiro atoms. The van der Waals surface area contributed by atoms with Crippen LogP contribution in [-0.4, -0.2) is 37.9 Å². The van der Waals surface area contributed by atoms with Crippen LogP contribution < -0.4 is 4.90 Å². The van der Waals surface area contributed by atoms with Crippen molar-refractivity contribution < 1.29 is 0 Å². The van der Waals surface area contributed by atoms with Crippen LogP contribution in [0.4, 0.5) is 5.82 Å². The number of imidazole rings is 1. The van der Waals surface area contributed by atoms with Gasteiger partial charge in [-0.3, -0.25) is 0 Å². The molecule has 0 aliphatic heterocycles. The van der Waals surface area contributed by atoms with Gasteiger partial charge in [0.2, 0.25) is 0 Å². The molecule has 0 amide bonds. The second-order valence-electron chi connectivity index (χ2n) is 4.78. The minimum absolute atomic E-state index is 0.486. The SMILES string of the molecule is CN(c1ncnc2nc[nH]c12)C1CCCCC1Br. The molecule has 2 atom stereocenters. The van der Waals surface area contributed by atoms with Crippen molar-refractivity contribution in [1.82, 2.24) is 19.9 Å². The number of hydrogen-bond donors (Lipinski definition) is 1. The van der Waals surface area contributed by atoms with Gasteiger partial charge >= 0.3 is 0 Å². The summed E-state index contributed by atoms with van der Waals surface area (Å²) in [7, 11) is 2.10. The number of halogens is 1. The summed E-state index contributed by atoms with van der Waals surface area (Å²) in [6, 6.07) is 0.486. The van der Waals surface area contributed by atoms with E-state index < -0.39 is 0 Å². The maximum absolute atomic E-state index is 4.41. The number of hydrogen-bond acceptors (Lipinski definition) is 4. The number of H-pyrrole nitrogens is 1. The molecule has 6 heteroatoms. The number of alkyl halides is 1. The van der Waals surface area contributed by atoms with E-state index >= 15 is 0 Å². The van der Waals surface area contributed by atoms with Gasteiger partial charge in [-0.2, -0.15) is 0 Å². The van der Waals surface area contributed by atoms with Gasteiger partial charge in [0.1, 0.15) is 11.8 Å². The third-order valence-corrected chi connectivity index (χ3v) is 4.75. The molecule has 0 aromatic carbocycles. The highest BCUT2D eigenvalue weighted by molar-refractivity contribution is 9.09. The Hall–Kier alpha value is -1.17. The molecule has 2 unspecified atom stereocenters. The Bertz CT molecular complexity index is 540. The zero-order chi connectivity index (χ0) is 12.5. The number of nitrogens with zero attached hydrogens (tertiary/aromatic N) is 4. The first-order valence-electron chi connectivity index (χ1n) is 6.28. The van der Waals surface area contributed by atoms with Crippen LogP contribution in [0.15, 0.2) is 12.7 Å². The average Bonchev–Trinajstić information content (AvgIpc) is 2.86. The molecule has 1 aliphatic carbocycles. The highest BCUT2D eigenvalue weighted by atomic mass is 79.9. The molecule has 5 nitrogen and oxygen atoms in total. The normalized spacial score (nSPS) is 24.3. The van der Waals surface area contributed by atoms with E-state index in [0.717, 1.165) is 17.0 Å². The number of aromatic nitrogens is 4. The molecule has 3 rings (SSSR count). The fraction of sp³-hybridized carbons (Fsp3) is 0.583. The van der Waals surface area contributed by atoms with Crippen LogP contribution in [0.2, 0.25) is 0 Å². The molecule has 2 aromatic heterocycles. The molecule has 2 heterocycles. The van der Waals surface area contributed by atoms with Crippen LogP contribution in [0.5, 0.6) is 0 Å². The monoisotopic (exact) mass is 309 g/mol. The lowest BCUT2D eigenvalue weighted by atomic mass is 9.94. The fourth-order valence-corrected chi connectivity index (χ4v) is 3.62. The minimum Gasteiger partial charge on any atom is -0.354 e. The number of nitrogens with one attached hydrogen (secondary N) is 1. The van der Waals surface area contributed by atoms with Crippen molar-refractivity contribution in [3.05, 3.63) is 12.7 Å². The van der Waals surface area contributed by atoms with E-state index in [1.54, 1.807) is 12.7 Å². The summed E-state index contributed by atoms with van der Waals surface area (Å²) in [5, 5.41) is 0. The van der Waals surface area contributed by atoms with Crippen molar-refractivity contribution in [3.8, 4) is 0 Å². The Morgan fingerprint density at radius 3 is 2.94 bits per heavy atom. The van der Waals surface area contributed by atoms with Crippen molar-refractivity contribution in [2.75, 3.05) is 11.9 Å². The third kappa shape index (κ3) is 1.98. The molecule has 0 bridgehead atoms. The summed E-state index contributed by atoms with van der Waals surface area (Å²) >= 11 is 3.80. The van der Waals surface area contributed by atoms with Crippen molar-refractivity contribution in [1.29, 1.82) is 0 Å². The number of aromatic amines is 1. The van der Waals surface area contributed by atoms with Gasteiger partial charge in [0.05, 0.1) is 6.33 Å². The quantitative estimate of drug-likeness (QED) is 0.866. The van der Waals surface area contributed by atoms with Crippen LogP contribution >= 0.6 is 15.9 Å². The van der Waals surface area contributed by atoms with Gasteiger partial charge in [0, 0.05) is 17.9 Å². The van der Waals surface area contributed by atoms with Crippen molar-refractivity contribution in [2.24, 2.45) is 0 Å². The van der Waals surface area contributed by atoms with E-state index in [1.807, 2.05) is 0 Å². The number of anilines is 1. The molecular formula is C12H16BrN5. The molecule has 1 saturated carbocycles. The van der Waals surface area contributed by atoms with Crippen LogP contribution in [0.3, 0.4) is 0 Å². The van der Waals surface area contributed by atoms with E-state index in [2.05, 4.69) is 47.8 Å². The fourth-order valence-electron chi connectivity index (χ4n) is 2.68. The highest BCUT2D eigenvalue weighted by Gasteiger charge is 2.28. The van der Waals surface area contributed by atoms with Crippen LogP contribution in [0, 0.1) is 0 Å². The topological polar surface area (TPSA) is 57.7 Å². The lowest BCUT2D eigenvalue weighted by Gasteiger charge is -2.35. The van der Waals surface area contributed by atoms with Crippen LogP contribution in [0.25, 0.3) is 11.2 Å². The molecule has 0 saturated heterocycles. The average molecular weight is 310 g/mol. The summed E-state index contributed by atoms with van der Waals surface area (Å²) in [6.45, 7) is 0. The standard InChI is InChI=1S/C12H16BrN5/c1-18(9-5-3-2-4-8(9)13)12-10-11(15-6-14-10)16-7-17-12/h6-9H,2-5H2,1H3,(H,14,15,16,17). The third-order valence-electron chi connectivity index (χ3n) is 3.68.